The summed E-state index contributed by atoms with van der Waals surface area (Å²) in [7, 11) is 0. The fourth-order valence-electron chi connectivity index (χ4n) is 2.26. The van der Waals surface area contributed by atoms with Crippen molar-refractivity contribution >= 4 is 40.4 Å². The molecule has 1 aromatic carbocycles. The van der Waals surface area contributed by atoms with Gasteiger partial charge in [0.05, 0.1) is 21.8 Å². The Labute approximate surface area is 126 Å². The topological polar surface area (TPSA) is 55.1 Å². The van der Waals surface area contributed by atoms with Crippen LogP contribution in [0.25, 0.3) is 11.0 Å². The number of imidazole rings is 1. The van der Waals surface area contributed by atoms with Crippen molar-refractivity contribution in [2.45, 2.75) is 31.5 Å². The first-order chi connectivity index (χ1) is 9.48. The van der Waals surface area contributed by atoms with Gasteiger partial charge in [0.2, 0.25) is 0 Å². The van der Waals surface area contributed by atoms with Crippen molar-refractivity contribution in [1.29, 1.82) is 0 Å². The second kappa shape index (κ2) is 4.97. The van der Waals surface area contributed by atoms with Gasteiger partial charge in [-0.2, -0.15) is 0 Å². The fourth-order valence-corrected chi connectivity index (χ4v) is 3.26. The Hall–Kier alpha value is -1.20. The summed E-state index contributed by atoms with van der Waals surface area (Å²) in [5, 5.41) is 10.3. The first kappa shape index (κ1) is 13.8. The van der Waals surface area contributed by atoms with E-state index in [2.05, 4.69) is 16.5 Å². The number of nitrogens with zero attached hydrogens (tertiary/aromatic N) is 2. The Morgan fingerprint density at radius 3 is 2.95 bits per heavy atom. The predicted molar refractivity (Wildman–Crippen MR) is 80.4 cm³/mol. The molecular weight excluding hydrogens is 296 g/mol. The Morgan fingerprint density at radius 2 is 2.30 bits per heavy atom. The zero-order valence-electron chi connectivity index (χ0n) is 11.1. The molecule has 1 aromatic heterocycles. The van der Waals surface area contributed by atoms with Crippen molar-refractivity contribution < 1.29 is 9.90 Å². The molecule has 20 heavy (non-hydrogen) atoms. The lowest BCUT2D eigenvalue weighted by Gasteiger charge is -2.13. The highest BCUT2D eigenvalue weighted by Gasteiger charge is 2.38. The maximum absolute atomic E-state index is 10.8. The van der Waals surface area contributed by atoms with Gasteiger partial charge in [-0.05, 0) is 30.4 Å². The van der Waals surface area contributed by atoms with Gasteiger partial charge in [0, 0.05) is 6.54 Å². The maximum atomic E-state index is 10.8. The quantitative estimate of drug-likeness (QED) is 0.856. The normalized spacial score (nSPS) is 16.5. The van der Waals surface area contributed by atoms with Gasteiger partial charge in [0.1, 0.15) is 0 Å². The third-order valence-electron chi connectivity index (χ3n) is 3.65. The largest absolute Gasteiger partial charge is 0.481 e. The maximum Gasteiger partial charge on any atom is 0.313 e. The molecule has 0 saturated heterocycles. The predicted octanol–water partition coefficient (Wildman–Crippen LogP) is 3.67. The molecule has 1 fully saturated rings. The molecule has 0 radical (unpaired) electrons. The van der Waals surface area contributed by atoms with Gasteiger partial charge >= 0.3 is 5.97 Å². The highest BCUT2D eigenvalue weighted by molar-refractivity contribution is 7.99. The molecule has 106 valence electrons. The molecule has 1 N–H and O–H groups in total. The van der Waals surface area contributed by atoms with Crippen LogP contribution >= 0.6 is 23.4 Å². The fraction of sp³-hybridized carbons (Fsp3) is 0.429. The zero-order chi connectivity index (χ0) is 14.3. The van der Waals surface area contributed by atoms with E-state index in [-0.39, 0.29) is 5.75 Å². The minimum Gasteiger partial charge on any atom is -0.481 e. The highest BCUT2D eigenvalue weighted by atomic mass is 35.5. The van der Waals surface area contributed by atoms with E-state index in [1.807, 2.05) is 18.2 Å². The van der Waals surface area contributed by atoms with Gasteiger partial charge in [0.25, 0.3) is 0 Å². The van der Waals surface area contributed by atoms with Gasteiger partial charge < -0.3 is 9.67 Å². The molecule has 0 atom stereocenters. The van der Waals surface area contributed by atoms with E-state index in [9.17, 15) is 4.79 Å². The number of rotatable bonds is 5. The third kappa shape index (κ3) is 2.65. The van der Waals surface area contributed by atoms with Crippen LogP contribution < -0.4 is 0 Å². The van der Waals surface area contributed by atoms with Crippen LogP contribution in [0.5, 0.6) is 0 Å². The van der Waals surface area contributed by atoms with E-state index < -0.39 is 5.97 Å². The minimum absolute atomic E-state index is 0.0116. The summed E-state index contributed by atoms with van der Waals surface area (Å²) in [6.07, 6.45) is 2.39. The van der Waals surface area contributed by atoms with Crippen LogP contribution in [0.1, 0.15) is 19.8 Å². The van der Waals surface area contributed by atoms with Crippen LogP contribution in [0.3, 0.4) is 0 Å². The van der Waals surface area contributed by atoms with Crippen molar-refractivity contribution in [3.8, 4) is 0 Å². The van der Waals surface area contributed by atoms with Crippen LogP contribution in [0.15, 0.2) is 23.4 Å². The van der Waals surface area contributed by atoms with E-state index in [0.29, 0.717) is 10.4 Å². The summed E-state index contributed by atoms with van der Waals surface area (Å²) in [5.41, 5.74) is 2.04. The van der Waals surface area contributed by atoms with Gasteiger partial charge in [-0.25, -0.2) is 4.98 Å². The summed E-state index contributed by atoms with van der Waals surface area (Å²) in [6.45, 7) is 3.08. The molecule has 0 bridgehead atoms. The van der Waals surface area contributed by atoms with Crippen molar-refractivity contribution in [2.24, 2.45) is 5.41 Å². The minimum atomic E-state index is -0.836. The Kier molecular flexibility index (Phi) is 3.42. The molecule has 0 aliphatic heterocycles. The Bertz CT molecular complexity index is 679. The smallest absolute Gasteiger partial charge is 0.313 e. The van der Waals surface area contributed by atoms with E-state index >= 15 is 0 Å². The first-order valence-electron chi connectivity index (χ1n) is 6.48. The van der Waals surface area contributed by atoms with E-state index in [1.165, 1.54) is 24.6 Å². The van der Waals surface area contributed by atoms with Crippen molar-refractivity contribution in [3.63, 3.8) is 0 Å². The second-order valence-corrected chi connectivity index (χ2v) is 6.93. The lowest BCUT2D eigenvalue weighted by Crippen LogP contribution is -2.10. The monoisotopic (exact) mass is 310 g/mol. The number of thioether (sulfide) groups is 1. The molecule has 1 saturated carbocycles. The second-order valence-electron chi connectivity index (χ2n) is 5.58. The number of para-hydroxylation sites is 1. The third-order valence-corrected chi connectivity index (χ3v) is 4.92. The standard InChI is InChI=1S/C14H15ClN2O2S/c1-14(5-6-14)8-17-12-9(15)3-2-4-10(12)16-13(17)20-7-11(18)19/h2-4H,5-8H2,1H3,(H,18,19). The van der Waals surface area contributed by atoms with Crippen LogP contribution in [-0.4, -0.2) is 26.4 Å². The molecule has 0 spiro atoms. The molecular formula is C14H15ClN2O2S. The summed E-state index contributed by atoms with van der Waals surface area (Å²) >= 11 is 7.55. The summed E-state index contributed by atoms with van der Waals surface area (Å²) in [5.74, 6) is -0.824. The van der Waals surface area contributed by atoms with Gasteiger partial charge in [-0.3, -0.25) is 4.79 Å². The summed E-state index contributed by atoms with van der Waals surface area (Å²) < 4.78 is 2.08. The van der Waals surface area contributed by atoms with Crippen molar-refractivity contribution in [3.05, 3.63) is 23.2 Å². The number of hydrogen-bond donors (Lipinski definition) is 1. The number of aliphatic carboxylic acids is 1. The number of carboxylic acid groups (broad SMARTS) is 1. The molecule has 1 aliphatic carbocycles. The number of benzene rings is 1. The van der Waals surface area contributed by atoms with E-state index in [4.69, 9.17) is 16.7 Å². The van der Waals surface area contributed by atoms with E-state index in [1.54, 1.807) is 0 Å². The number of fused-ring (bicyclic) bond motifs is 1. The SMILES string of the molecule is CC1(Cn2c(SCC(=O)O)nc3cccc(Cl)c32)CC1. The number of aromatic nitrogens is 2. The number of carboxylic acids is 1. The average Bonchev–Trinajstić information content (AvgIpc) is 2.99. The molecule has 0 unspecified atom stereocenters. The molecule has 1 aliphatic rings. The average molecular weight is 311 g/mol. The summed E-state index contributed by atoms with van der Waals surface area (Å²) in [6, 6.07) is 5.63. The number of hydrogen-bond acceptors (Lipinski definition) is 3. The summed E-state index contributed by atoms with van der Waals surface area (Å²) in [4.78, 5) is 15.3. The van der Waals surface area contributed by atoms with Crippen LogP contribution in [0.4, 0.5) is 0 Å². The van der Waals surface area contributed by atoms with Crippen molar-refractivity contribution in [1.82, 2.24) is 9.55 Å². The molecule has 3 rings (SSSR count). The Morgan fingerprint density at radius 1 is 1.55 bits per heavy atom. The van der Waals surface area contributed by atoms with Gasteiger partial charge in [-0.1, -0.05) is 36.4 Å². The molecule has 2 aromatic rings. The van der Waals surface area contributed by atoms with Gasteiger partial charge in [-0.15, -0.1) is 0 Å². The van der Waals surface area contributed by atoms with Crippen molar-refractivity contribution in [2.75, 3.05) is 5.75 Å². The number of carbonyl (C=O) groups is 1. The molecule has 1 heterocycles. The number of halogens is 1. The van der Waals surface area contributed by atoms with Crippen LogP contribution in [0, 0.1) is 5.41 Å². The van der Waals surface area contributed by atoms with Crippen LogP contribution in [0.2, 0.25) is 5.02 Å². The lowest BCUT2D eigenvalue weighted by molar-refractivity contribution is -0.133. The first-order valence-corrected chi connectivity index (χ1v) is 7.84. The van der Waals surface area contributed by atoms with E-state index in [0.717, 1.165) is 22.7 Å². The highest BCUT2D eigenvalue weighted by Crippen LogP contribution is 2.47. The molecule has 6 heteroatoms. The molecule has 4 nitrogen and oxygen atoms in total. The van der Waals surface area contributed by atoms with Crippen LogP contribution in [-0.2, 0) is 11.3 Å². The molecule has 0 amide bonds. The zero-order valence-corrected chi connectivity index (χ0v) is 12.7. The van der Waals surface area contributed by atoms with Gasteiger partial charge in [0.15, 0.2) is 5.16 Å². The Balaban J connectivity index is 2.05. The lowest BCUT2D eigenvalue weighted by atomic mass is 10.1.